The largest absolute Gasteiger partial charge is 0.341 e. The van der Waals surface area contributed by atoms with Gasteiger partial charge in [-0.1, -0.05) is 12.1 Å². The Morgan fingerprint density at radius 1 is 1.45 bits per heavy atom. The van der Waals surface area contributed by atoms with E-state index in [4.69, 9.17) is 5.73 Å². The summed E-state index contributed by atoms with van der Waals surface area (Å²) < 4.78 is 12.9. The second-order valence-corrected chi connectivity index (χ2v) is 6.64. The van der Waals surface area contributed by atoms with E-state index >= 15 is 0 Å². The van der Waals surface area contributed by atoms with Crippen molar-refractivity contribution in [1.29, 1.82) is 0 Å². The number of amides is 1. The fourth-order valence-electron chi connectivity index (χ4n) is 2.76. The monoisotopic (exact) mass is 346 g/mol. The molecule has 1 aromatic rings. The van der Waals surface area contributed by atoms with Crippen LogP contribution in [0.5, 0.6) is 0 Å². The summed E-state index contributed by atoms with van der Waals surface area (Å²) in [7, 11) is 0. The second-order valence-electron chi connectivity index (χ2n) is 5.66. The summed E-state index contributed by atoms with van der Waals surface area (Å²) in [6, 6.07) is 6.26. The summed E-state index contributed by atoms with van der Waals surface area (Å²) in [5, 5.41) is 0. The van der Waals surface area contributed by atoms with E-state index in [1.54, 1.807) is 11.8 Å². The fraction of sp³-hybridized carbons (Fsp3) is 0.562. The van der Waals surface area contributed by atoms with Crippen molar-refractivity contribution in [3.8, 4) is 0 Å². The molecule has 1 aromatic carbocycles. The highest BCUT2D eigenvalue weighted by atomic mass is 35.5. The Labute approximate surface area is 142 Å². The SMILES string of the molecule is CSCC[C@H](N)C(=O)N1CCC(Cc2ccc(F)cc2)C1.Cl. The summed E-state index contributed by atoms with van der Waals surface area (Å²) in [4.78, 5) is 14.1. The van der Waals surface area contributed by atoms with Crippen LogP contribution in [0.4, 0.5) is 4.39 Å². The van der Waals surface area contributed by atoms with Gasteiger partial charge in [-0.25, -0.2) is 4.39 Å². The number of carbonyl (C=O) groups is 1. The lowest BCUT2D eigenvalue weighted by Crippen LogP contribution is -2.43. The molecule has 0 saturated carbocycles. The van der Waals surface area contributed by atoms with E-state index in [0.29, 0.717) is 5.92 Å². The molecule has 0 bridgehead atoms. The van der Waals surface area contributed by atoms with Crippen LogP contribution >= 0.6 is 24.2 Å². The molecule has 1 aliphatic rings. The highest BCUT2D eigenvalue weighted by Gasteiger charge is 2.29. The van der Waals surface area contributed by atoms with Crippen molar-refractivity contribution >= 4 is 30.1 Å². The van der Waals surface area contributed by atoms with E-state index in [1.165, 1.54) is 12.1 Å². The molecule has 0 aromatic heterocycles. The molecule has 124 valence electrons. The normalized spacial score (nSPS) is 18.9. The van der Waals surface area contributed by atoms with Crippen LogP contribution < -0.4 is 5.73 Å². The Morgan fingerprint density at radius 2 is 2.14 bits per heavy atom. The summed E-state index contributed by atoms with van der Waals surface area (Å²) in [5.74, 6) is 1.24. The second kappa shape index (κ2) is 9.38. The van der Waals surface area contributed by atoms with Crippen LogP contribution in [0.15, 0.2) is 24.3 Å². The van der Waals surface area contributed by atoms with Crippen molar-refractivity contribution in [2.45, 2.75) is 25.3 Å². The summed E-state index contributed by atoms with van der Waals surface area (Å²) >= 11 is 1.71. The number of likely N-dealkylation sites (tertiary alicyclic amines) is 1. The Hall–Kier alpha value is -0.780. The molecule has 2 N–H and O–H groups in total. The third-order valence-electron chi connectivity index (χ3n) is 3.99. The molecule has 1 unspecified atom stereocenters. The van der Waals surface area contributed by atoms with Gasteiger partial charge in [-0.2, -0.15) is 11.8 Å². The van der Waals surface area contributed by atoms with Crippen LogP contribution in [0.2, 0.25) is 0 Å². The van der Waals surface area contributed by atoms with Crippen molar-refractivity contribution < 1.29 is 9.18 Å². The average Bonchev–Trinajstić information content (AvgIpc) is 2.95. The minimum atomic E-state index is -0.373. The Kier molecular flexibility index (Phi) is 8.21. The Bertz CT molecular complexity index is 472. The van der Waals surface area contributed by atoms with Gasteiger partial charge in [0.05, 0.1) is 6.04 Å². The highest BCUT2D eigenvalue weighted by molar-refractivity contribution is 7.98. The topological polar surface area (TPSA) is 46.3 Å². The first kappa shape index (κ1) is 19.3. The smallest absolute Gasteiger partial charge is 0.239 e. The minimum absolute atomic E-state index is 0. The maximum absolute atomic E-state index is 12.9. The van der Waals surface area contributed by atoms with E-state index in [9.17, 15) is 9.18 Å². The first-order chi connectivity index (χ1) is 10.1. The van der Waals surface area contributed by atoms with Gasteiger partial charge in [0.2, 0.25) is 5.91 Å². The molecule has 2 rings (SSSR count). The van der Waals surface area contributed by atoms with Crippen molar-refractivity contribution in [2.75, 3.05) is 25.1 Å². The Morgan fingerprint density at radius 3 is 2.77 bits per heavy atom. The maximum atomic E-state index is 12.9. The lowest BCUT2D eigenvalue weighted by Gasteiger charge is -2.20. The summed E-state index contributed by atoms with van der Waals surface area (Å²) in [6.45, 7) is 1.56. The number of nitrogens with two attached hydrogens (primary N) is 1. The number of thioether (sulfide) groups is 1. The quantitative estimate of drug-likeness (QED) is 0.861. The van der Waals surface area contributed by atoms with Gasteiger partial charge in [0.25, 0.3) is 0 Å². The van der Waals surface area contributed by atoms with Crippen LogP contribution in [0.1, 0.15) is 18.4 Å². The number of hydrogen-bond donors (Lipinski definition) is 1. The van der Waals surface area contributed by atoms with Crippen molar-refractivity contribution in [3.63, 3.8) is 0 Å². The molecule has 1 amide bonds. The van der Waals surface area contributed by atoms with Gasteiger partial charge in [0.1, 0.15) is 5.82 Å². The molecule has 0 radical (unpaired) electrons. The lowest BCUT2D eigenvalue weighted by molar-refractivity contribution is -0.131. The van der Waals surface area contributed by atoms with Crippen LogP contribution in [-0.2, 0) is 11.2 Å². The highest BCUT2D eigenvalue weighted by Crippen LogP contribution is 2.22. The van der Waals surface area contributed by atoms with E-state index < -0.39 is 0 Å². The predicted molar refractivity (Wildman–Crippen MR) is 93.0 cm³/mol. The number of rotatable bonds is 6. The molecule has 3 nitrogen and oxygen atoms in total. The van der Waals surface area contributed by atoms with Crippen LogP contribution in [0.25, 0.3) is 0 Å². The Balaban J connectivity index is 0.00000242. The molecule has 6 heteroatoms. The molecular formula is C16H24ClFN2OS. The van der Waals surface area contributed by atoms with E-state index in [-0.39, 0.29) is 30.2 Å². The van der Waals surface area contributed by atoms with Gasteiger partial charge >= 0.3 is 0 Å². The number of halogens is 2. The number of nitrogens with zero attached hydrogens (tertiary/aromatic N) is 1. The standard InChI is InChI=1S/C16H23FN2OS.ClH/c1-21-9-7-15(18)16(20)19-8-6-13(11-19)10-12-2-4-14(17)5-3-12;/h2-5,13,15H,6-11,18H2,1H3;1H/t13?,15-;/m0./s1. The molecule has 0 aliphatic carbocycles. The molecule has 1 fully saturated rings. The number of carbonyl (C=O) groups excluding carboxylic acids is 1. The van der Waals surface area contributed by atoms with Crippen LogP contribution in [0, 0.1) is 11.7 Å². The summed E-state index contributed by atoms with van der Waals surface area (Å²) in [5.41, 5.74) is 7.08. The maximum Gasteiger partial charge on any atom is 0.239 e. The van der Waals surface area contributed by atoms with Gasteiger partial charge in [-0.05, 0) is 54.9 Å². The van der Waals surface area contributed by atoms with E-state index in [1.807, 2.05) is 23.3 Å². The average molecular weight is 347 g/mol. The number of hydrogen-bond acceptors (Lipinski definition) is 3. The third kappa shape index (κ3) is 5.45. The molecular weight excluding hydrogens is 323 g/mol. The fourth-order valence-corrected chi connectivity index (χ4v) is 3.25. The van der Waals surface area contributed by atoms with Crippen molar-refractivity contribution in [1.82, 2.24) is 4.90 Å². The molecule has 2 atom stereocenters. The molecule has 0 spiro atoms. The summed E-state index contributed by atoms with van der Waals surface area (Å²) in [6.07, 6.45) is 4.65. The third-order valence-corrected chi connectivity index (χ3v) is 4.63. The zero-order chi connectivity index (χ0) is 15.2. The van der Waals surface area contributed by atoms with Gasteiger partial charge in [0.15, 0.2) is 0 Å². The zero-order valence-corrected chi connectivity index (χ0v) is 14.5. The van der Waals surface area contributed by atoms with Crippen molar-refractivity contribution in [2.24, 2.45) is 11.7 Å². The molecule has 22 heavy (non-hydrogen) atoms. The van der Waals surface area contributed by atoms with Gasteiger partial charge in [-0.15, -0.1) is 12.4 Å². The zero-order valence-electron chi connectivity index (χ0n) is 12.8. The molecule has 1 saturated heterocycles. The van der Waals surface area contributed by atoms with Crippen LogP contribution in [-0.4, -0.2) is 41.9 Å². The van der Waals surface area contributed by atoms with Crippen LogP contribution in [0.3, 0.4) is 0 Å². The molecule has 1 heterocycles. The minimum Gasteiger partial charge on any atom is -0.341 e. The van der Waals surface area contributed by atoms with Crippen molar-refractivity contribution in [3.05, 3.63) is 35.6 Å². The van der Waals surface area contributed by atoms with Gasteiger partial charge < -0.3 is 10.6 Å². The predicted octanol–water partition coefficient (Wildman–Crippen LogP) is 2.72. The molecule has 1 aliphatic heterocycles. The number of benzene rings is 1. The van der Waals surface area contributed by atoms with Gasteiger partial charge in [0, 0.05) is 13.1 Å². The lowest BCUT2D eigenvalue weighted by atomic mass is 9.99. The first-order valence-electron chi connectivity index (χ1n) is 7.38. The van der Waals surface area contributed by atoms with E-state index in [0.717, 1.165) is 43.7 Å². The van der Waals surface area contributed by atoms with E-state index in [2.05, 4.69) is 0 Å². The first-order valence-corrected chi connectivity index (χ1v) is 8.77. The van der Waals surface area contributed by atoms with Gasteiger partial charge in [-0.3, -0.25) is 4.79 Å².